The van der Waals surface area contributed by atoms with Gasteiger partial charge in [-0.2, -0.15) is 0 Å². The van der Waals surface area contributed by atoms with Gasteiger partial charge in [-0.15, -0.1) is 0 Å². The molecule has 1 saturated heterocycles. The van der Waals surface area contributed by atoms with Gasteiger partial charge in [-0.25, -0.2) is 0 Å². The zero-order valence-electron chi connectivity index (χ0n) is 17.9. The first kappa shape index (κ1) is 21.9. The SMILES string of the molecule is COc1cc(OC)c(C2CCN(C)C2CO)c(O)c1C(=O)C=Cc1cccc(C)c1. The highest BCUT2D eigenvalue weighted by Gasteiger charge is 2.37. The van der Waals surface area contributed by atoms with Crippen LogP contribution in [0.1, 0.15) is 39.4 Å². The van der Waals surface area contributed by atoms with Crippen LogP contribution in [0, 0.1) is 6.92 Å². The standard InChI is InChI=1S/C24H29NO5/c1-15-6-5-7-16(12-15)8-9-19(27)23-21(30-4)13-20(29-3)22(24(23)28)17-10-11-25(2)18(17)14-26/h5-9,12-13,17-18,26,28H,10-11,14H2,1-4H3. The number of ketones is 1. The third kappa shape index (κ3) is 4.20. The maximum atomic E-state index is 13.1. The Morgan fingerprint density at radius 1 is 1.23 bits per heavy atom. The van der Waals surface area contributed by atoms with Gasteiger partial charge in [0, 0.05) is 23.6 Å². The number of hydrogen-bond acceptors (Lipinski definition) is 6. The van der Waals surface area contributed by atoms with Crippen LogP contribution in [-0.2, 0) is 0 Å². The molecular formula is C24H29NO5. The highest BCUT2D eigenvalue weighted by Crippen LogP contribution is 2.47. The number of phenols is 1. The van der Waals surface area contributed by atoms with Crippen LogP contribution in [-0.4, -0.2) is 61.4 Å². The van der Waals surface area contributed by atoms with E-state index < -0.39 is 0 Å². The summed E-state index contributed by atoms with van der Waals surface area (Å²) in [4.78, 5) is 15.1. The number of nitrogens with zero attached hydrogens (tertiary/aromatic N) is 1. The summed E-state index contributed by atoms with van der Waals surface area (Å²) >= 11 is 0. The lowest BCUT2D eigenvalue weighted by atomic mass is 9.87. The first-order valence-electron chi connectivity index (χ1n) is 9.99. The second kappa shape index (κ2) is 9.32. The summed E-state index contributed by atoms with van der Waals surface area (Å²) in [7, 11) is 4.91. The average Bonchev–Trinajstić information content (AvgIpc) is 3.11. The number of phenolic OH excluding ortho intramolecular Hbond substituents is 1. The fourth-order valence-corrected chi connectivity index (χ4v) is 4.20. The molecule has 0 spiro atoms. The lowest BCUT2D eigenvalue weighted by molar-refractivity contribution is 0.104. The lowest BCUT2D eigenvalue weighted by Gasteiger charge is -2.26. The molecule has 0 radical (unpaired) electrons. The van der Waals surface area contributed by atoms with Gasteiger partial charge in [0.1, 0.15) is 22.8 Å². The highest BCUT2D eigenvalue weighted by atomic mass is 16.5. The number of aliphatic hydroxyl groups is 1. The quantitative estimate of drug-likeness (QED) is 0.537. The Balaban J connectivity index is 2.06. The molecule has 1 aliphatic heterocycles. The van der Waals surface area contributed by atoms with E-state index in [9.17, 15) is 15.0 Å². The first-order valence-corrected chi connectivity index (χ1v) is 9.99. The van der Waals surface area contributed by atoms with Crippen molar-refractivity contribution in [2.24, 2.45) is 0 Å². The normalized spacial score (nSPS) is 19.4. The number of carbonyl (C=O) groups is 1. The van der Waals surface area contributed by atoms with Crippen molar-refractivity contribution in [3.05, 3.63) is 58.7 Å². The smallest absolute Gasteiger partial charge is 0.193 e. The van der Waals surface area contributed by atoms with Crippen LogP contribution in [0.2, 0.25) is 0 Å². The second-order valence-corrected chi connectivity index (χ2v) is 7.66. The van der Waals surface area contributed by atoms with E-state index in [0.29, 0.717) is 11.3 Å². The minimum absolute atomic E-state index is 0.0493. The number of methoxy groups -OCH3 is 2. The molecule has 1 fully saturated rings. The van der Waals surface area contributed by atoms with Gasteiger partial charge in [0.05, 0.1) is 20.8 Å². The van der Waals surface area contributed by atoms with Crippen LogP contribution in [0.5, 0.6) is 17.2 Å². The maximum absolute atomic E-state index is 13.1. The molecule has 2 aromatic carbocycles. The van der Waals surface area contributed by atoms with Gasteiger partial charge in [0.2, 0.25) is 0 Å². The molecule has 6 heteroatoms. The van der Waals surface area contributed by atoms with Crippen molar-refractivity contribution in [3.8, 4) is 17.2 Å². The summed E-state index contributed by atoms with van der Waals surface area (Å²) in [6.07, 6.45) is 3.90. The fourth-order valence-electron chi connectivity index (χ4n) is 4.20. The molecule has 2 aromatic rings. The summed E-state index contributed by atoms with van der Waals surface area (Å²) < 4.78 is 10.9. The van der Waals surface area contributed by atoms with E-state index in [1.165, 1.54) is 20.3 Å². The Kier molecular flexibility index (Phi) is 6.80. The van der Waals surface area contributed by atoms with Gasteiger partial charge in [0.25, 0.3) is 0 Å². The lowest BCUT2D eigenvalue weighted by Crippen LogP contribution is -2.32. The summed E-state index contributed by atoms with van der Waals surface area (Å²) in [6, 6.07) is 9.27. The van der Waals surface area contributed by atoms with E-state index in [0.717, 1.165) is 24.1 Å². The van der Waals surface area contributed by atoms with Crippen molar-refractivity contribution in [2.45, 2.75) is 25.3 Å². The molecule has 1 heterocycles. The molecular weight excluding hydrogens is 382 g/mol. The molecule has 0 aromatic heterocycles. The Labute approximate surface area is 177 Å². The fraction of sp³-hybridized carbons (Fsp3) is 0.375. The number of likely N-dealkylation sites (tertiary alicyclic amines) is 1. The zero-order valence-corrected chi connectivity index (χ0v) is 17.9. The molecule has 0 saturated carbocycles. The van der Waals surface area contributed by atoms with Gasteiger partial charge in [0.15, 0.2) is 5.78 Å². The Bertz CT molecular complexity index is 953. The summed E-state index contributed by atoms with van der Waals surface area (Å²) in [6.45, 7) is 2.72. The van der Waals surface area contributed by atoms with Gasteiger partial charge >= 0.3 is 0 Å². The van der Waals surface area contributed by atoms with Crippen LogP contribution in [0.3, 0.4) is 0 Å². The molecule has 0 bridgehead atoms. The highest BCUT2D eigenvalue weighted by molar-refractivity contribution is 6.11. The molecule has 30 heavy (non-hydrogen) atoms. The summed E-state index contributed by atoms with van der Waals surface area (Å²) in [5, 5.41) is 21.0. The van der Waals surface area contributed by atoms with Crippen LogP contribution in [0.25, 0.3) is 6.08 Å². The van der Waals surface area contributed by atoms with Gasteiger partial charge in [-0.1, -0.05) is 35.9 Å². The number of benzene rings is 2. The minimum Gasteiger partial charge on any atom is -0.507 e. The number of aliphatic hydroxyl groups excluding tert-OH is 1. The molecule has 0 aliphatic carbocycles. The topological polar surface area (TPSA) is 79.2 Å². The van der Waals surface area contributed by atoms with Crippen molar-refractivity contribution in [3.63, 3.8) is 0 Å². The predicted octanol–water partition coefficient (Wildman–Crippen LogP) is 3.39. The molecule has 2 N–H and O–H groups in total. The van der Waals surface area contributed by atoms with Crippen molar-refractivity contribution < 1.29 is 24.5 Å². The molecule has 6 nitrogen and oxygen atoms in total. The van der Waals surface area contributed by atoms with E-state index in [-0.39, 0.29) is 41.4 Å². The number of aromatic hydroxyl groups is 1. The van der Waals surface area contributed by atoms with Crippen LogP contribution < -0.4 is 9.47 Å². The Morgan fingerprint density at radius 2 is 1.97 bits per heavy atom. The van der Waals surface area contributed by atoms with Crippen molar-refractivity contribution >= 4 is 11.9 Å². The molecule has 2 atom stereocenters. The zero-order chi connectivity index (χ0) is 21.8. The van der Waals surface area contributed by atoms with Crippen molar-refractivity contribution in [2.75, 3.05) is 34.4 Å². The number of likely N-dealkylation sites (N-methyl/N-ethyl adjacent to an activating group) is 1. The van der Waals surface area contributed by atoms with E-state index in [1.807, 2.05) is 43.1 Å². The Morgan fingerprint density at radius 3 is 2.60 bits per heavy atom. The number of ether oxygens (including phenoxy) is 2. The molecule has 2 unspecified atom stereocenters. The number of carbonyl (C=O) groups excluding carboxylic acids is 1. The maximum Gasteiger partial charge on any atom is 0.193 e. The number of rotatable bonds is 7. The summed E-state index contributed by atoms with van der Waals surface area (Å²) in [5.74, 6) is 0.0277. The van der Waals surface area contributed by atoms with E-state index in [2.05, 4.69) is 0 Å². The number of allylic oxidation sites excluding steroid dienone is 1. The first-order chi connectivity index (χ1) is 14.4. The Hall–Kier alpha value is -2.83. The second-order valence-electron chi connectivity index (χ2n) is 7.66. The molecule has 0 amide bonds. The van der Waals surface area contributed by atoms with Gasteiger partial charge in [-0.05, 0) is 38.6 Å². The number of hydrogen-bond donors (Lipinski definition) is 2. The average molecular weight is 411 g/mol. The van der Waals surface area contributed by atoms with E-state index >= 15 is 0 Å². The van der Waals surface area contributed by atoms with E-state index in [4.69, 9.17) is 9.47 Å². The third-order valence-electron chi connectivity index (χ3n) is 5.80. The minimum atomic E-state index is -0.360. The predicted molar refractivity (Wildman–Crippen MR) is 117 cm³/mol. The van der Waals surface area contributed by atoms with E-state index in [1.54, 1.807) is 12.1 Å². The van der Waals surface area contributed by atoms with Crippen LogP contribution in [0.4, 0.5) is 0 Å². The van der Waals surface area contributed by atoms with Crippen LogP contribution in [0.15, 0.2) is 36.4 Å². The van der Waals surface area contributed by atoms with Gasteiger partial charge in [-0.3, -0.25) is 4.79 Å². The van der Waals surface area contributed by atoms with Crippen LogP contribution >= 0.6 is 0 Å². The third-order valence-corrected chi connectivity index (χ3v) is 5.80. The van der Waals surface area contributed by atoms with Gasteiger partial charge < -0.3 is 24.6 Å². The molecule has 3 rings (SSSR count). The van der Waals surface area contributed by atoms with Crippen molar-refractivity contribution in [1.82, 2.24) is 4.90 Å². The largest absolute Gasteiger partial charge is 0.507 e. The summed E-state index contributed by atoms with van der Waals surface area (Å²) in [5.41, 5.74) is 2.63. The molecule has 1 aliphatic rings. The monoisotopic (exact) mass is 411 g/mol. The molecule has 160 valence electrons. The number of aryl methyl sites for hydroxylation is 1. The van der Waals surface area contributed by atoms with Crippen molar-refractivity contribution in [1.29, 1.82) is 0 Å².